The van der Waals surface area contributed by atoms with Crippen LogP contribution in [0.5, 0.6) is 5.75 Å². The van der Waals surface area contributed by atoms with Gasteiger partial charge >= 0.3 is 0 Å². The summed E-state index contributed by atoms with van der Waals surface area (Å²) in [6.45, 7) is 3.57. The van der Waals surface area contributed by atoms with Gasteiger partial charge in [-0.2, -0.15) is 0 Å². The summed E-state index contributed by atoms with van der Waals surface area (Å²) < 4.78 is 6.87. The fourth-order valence-electron chi connectivity index (χ4n) is 2.53. The molecular formula is C19H20N4O2S. The van der Waals surface area contributed by atoms with Crippen LogP contribution >= 0.6 is 11.8 Å². The predicted octanol–water partition coefficient (Wildman–Crippen LogP) is 3.47. The molecule has 3 rings (SSSR count). The summed E-state index contributed by atoms with van der Waals surface area (Å²) in [6, 6.07) is 13.4. The summed E-state index contributed by atoms with van der Waals surface area (Å²) in [5.74, 6) is 8.09. The Morgan fingerprint density at radius 2 is 1.92 bits per heavy atom. The zero-order chi connectivity index (χ0) is 18.7. The minimum atomic E-state index is 0.0163. The molecule has 0 atom stereocenters. The number of ketones is 1. The van der Waals surface area contributed by atoms with Gasteiger partial charge in [0.25, 0.3) is 0 Å². The Morgan fingerprint density at radius 3 is 2.58 bits per heavy atom. The molecule has 7 heteroatoms. The van der Waals surface area contributed by atoms with E-state index in [-0.39, 0.29) is 5.78 Å². The molecule has 0 aliphatic heterocycles. The van der Waals surface area contributed by atoms with Crippen molar-refractivity contribution in [1.29, 1.82) is 0 Å². The van der Waals surface area contributed by atoms with Gasteiger partial charge < -0.3 is 10.6 Å². The molecule has 1 heterocycles. The lowest BCUT2D eigenvalue weighted by Gasteiger charge is -2.09. The van der Waals surface area contributed by atoms with E-state index in [1.165, 1.54) is 22.0 Å². The van der Waals surface area contributed by atoms with Gasteiger partial charge in [0.1, 0.15) is 5.75 Å². The molecular weight excluding hydrogens is 348 g/mol. The van der Waals surface area contributed by atoms with Crippen molar-refractivity contribution in [2.24, 2.45) is 0 Å². The lowest BCUT2D eigenvalue weighted by atomic mass is 10.1. The highest BCUT2D eigenvalue weighted by Gasteiger charge is 2.14. The van der Waals surface area contributed by atoms with E-state index in [4.69, 9.17) is 10.6 Å². The second-order valence-corrected chi connectivity index (χ2v) is 6.86. The van der Waals surface area contributed by atoms with Crippen LogP contribution < -0.4 is 10.6 Å². The molecule has 134 valence electrons. The monoisotopic (exact) mass is 368 g/mol. The quantitative estimate of drug-likeness (QED) is 0.407. The highest BCUT2D eigenvalue weighted by molar-refractivity contribution is 7.98. The van der Waals surface area contributed by atoms with Gasteiger partial charge in [-0.15, -0.1) is 10.2 Å². The Balaban J connectivity index is 1.82. The fourth-order valence-corrected chi connectivity index (χ4v) is 3.36. The predicted molar refractivity (Wildman–Crippen MR) is 103 cm³/mol. The second kappa shape index (κ2) is 7.61. The lowest BCUT2D eigenvalue weighted by Crippen LogP contribution is -2.11. The molecule has 0 aliphatic rings. The average Bonchev–Trinajstić information content (AvgIpc) is 3.01. The maximum Gasteiger partial charge on any atom is 0.210 e. The molecule has 6 nitrogen and oxygen atoms in total. The molecule has 0 saturated heterocycles. The molecule has 0 bridgehead atoms. The van der Waals surface area contributed by atoms with E-state index < -0.39 is 0 Å². The number of carbonyl (C=O) groups is 1. The lowest BCUT2D eigenvalue weighted by molar-refractivity contribution is 0.101. The van der Waals surface area contributed by atoms with Crippen molar-refractivity contribution >= 4 is 17.5 Å². The maximum absolute atomic E-state index is 11.6. The second-order valence-electron chi connectivity index (χ2n) is 5.91. The molecule has 0 amide bonds. The van der Waals surface area contributed by atoms with Crippen LogP contribution in [0, 0.1) is 6.92 Å². The topological polar surface area (TPSA) is 83.0 Å². The summed E-state index contributed by atoms with van der Waals surface area (Å²) in [4.78, 5) is 11.6. The van der Waals surface area contributed by atoms with E-state index in [1.54, 1.807) is 26.2 Å². The molecule has 26 heavy (non-hydrogen) atoms. The van der Waals surface area contributed by atoms with Crippen molar-refractivity contribution < 1.29 is 9.53 Å². The van der Waals surface area contributed by atoms with Crippen molar-refractivity contribution in [3.8, 4) is 17.1 Å². The maximum atomic E-state index is 11.6. The highest BCUT2D eigenvalue weighted by atomic mass is 32.2. The van der Waals surface area contributed by atoms with Crippen LogP contribution in [0.3, 0.4) is 0 Å². The molecule has 0 radical (unpaired) electrons. The van der Waals surface area contributed by atoms with Crippen molar-refractivity contribution in [2.45, 2.75) is 24.8 Å². The first-order chi connectivity index (χ1) is 12.5. The Morgan fingerprint density at radius 1 is 1.19 bits per heavy atom. The molecule has 0 unspecified atom stereocenters. The summed E-state index contributed by atoms with van der Waals surface area (Å²) in [5.41, 5.74) is 3.64. The number of methoxy groups -OCH3 is 1. The summed E-state index contributed by atoms with van der Waals surface area (Å²) in [6.07, 6.45) is 0. The van der Waals surface area contributed by atoms with Crippen LogP contribution in [-0.4, -0.2) is 27.8 Å². The number of nitrogen functional groups attached to an aromatic ring is 1. The van der Waals surface area contributed by atoms with Crippen molar-refractivity contribution in [3.63, 3.8) is 0 Å². The number of rotatable bonds is 6. The Hall–Kier alpha value is -2.80. The first-order valence-electron chi connectivity index (χ1n) is 8.07. The smallest absolute Gasteiger partial charge is 0.210 e. The molecule has 0 spiro atoms. The molecule has 0 aliphatic carbocycles. The number of hydrogen-bond donors (Lipinski definition) is 1. The molecule has 3 aromatic rings. The van der Waals surface area contributed by atoms with E-state index in [1.807, 2.05) is 37.3 Å². The highest BCUT2D eigenvalue weighted by Crippen LogP contribution is 2.29. The average molecular weight is 368 g/mol. The number of ether oxygens (including phenoxy) is 1. The number of carbonyl (C=O) groups excluding carboxylic acids is 1. The SMILES string of the molecule is COc1ccc(C(C)=O)cc1CSc1nnc(-c2ccc(C)cc2)n1N. The number of aryl methyl sites for hydroxylation is 1. The van der Waals surface area contributed by atoms with Gasteiger partial charge in [0, 0.05) is 22.4 Å². The molecule has 0 saturated carbocycles. The van der Waals surface area contributed by atoms with Gasteiger partial charge in [-0.1, -0.05) is 41.6 Å². The van der Waals surface area contributed by atoms with Crippen molar-refractivity contribution in [1.82, 2.24) is 14.9 Å². The van der Waals surface area contributed by atoms with Crippen LogP contribution in [0.2, 0.25) is 0 Å². The Kier molecular flexibility index (Phi) is 5.27. The fraction of sp³-hybridized carbons (Fsp3) is 0.211. The number of thioether (sulfide) groups is 1. The molecule has 2 aromatic carbocycles. The minimum absolute atomic E-state index is 0.0163. The van der Waals surface area contributed by atoms with Crippen LogP contribution in [0.4, 0.5) is 0 Å². The number of aromatic nitrogens is 3. The van der Waals surface area contributed by atoms with Gasteiger partial charge in [-0.25, -0.2) is 4.68 Å². The van der Waals surface area contributed by atoms with Gasteiger partial charge in [0.2, 0.25) is 5.16 Å². The van der Waals surface area contributed by atoms with E-state index in [0.29, 0.717) is 22.3 Å². The van der Waals surface area contributed by atoms with Crippen LogP contribution in [0.15, 0.2) is 47.6 Å². The largest absolute Gasteiger partial charge is 0.496 e. The zero-order valence-corrected chi connectivity index (χ0v) is 15.7. The van der Waals surface area contributed by atoms with Crippen LogP contribution in [0.1, 0.15) is 28.4 Å². The normalized spacial score (nSPS) is 10.7. The standard InChI is InChI=1S/C19H20N4O2S/c1-12-4-6-14(7-5-12)18-21-22-19(23(18)20)26-11-16-10-15(13(2)24)8-9-17(16)25-3/h4-10H,11,20H2,1-3H3. The van der Waals surface area contributed by atoms with E-state index in [2.05, 4.69) is 10.2 Å². The third-order valence-corrected chi connectivity index (χ3v) is 5.01. The number of hydrogen-bond acceptors (Lipinski definition) is 6. The first-order valence-corrected chi connectivity index (χ1v) is 9.06. The first kappa shape index (κ1) is 18.0. The Bertz CT molecular complexity index is 935. The van der Waals surface area contributed by atoms with Gasteiger partial charge in [0.15, 0.2) is 11.6 Å². The summed E-state index contributed by atoms with van der Waals surface area (Å²) in [7, 11) is 1.61. The van der Waals surface area contributed by atoms with E-state index >= 15 is 0 Å². The third kappa shape index (κ3) is 3.72. The zero-order valence-electron chi connectivity index (χ0n) is 14.9. The minimum Gasteiger partial charge on any atom is -0.496 e. The van der Waals surface area contributed by atoms with Crippen molar-refractivity contribution in [3.05, 3.63) is 59.2 Å². The number of benzene rings is 2. The summed E-state index contributed by atoms with van der Waals surface area (Å²) >= 11 is 1.44. The number of nitrogens with two attached hydrogens (primary N) is 1. The Labute approximate surface area is 156 Å². The number of Topliss-reactive ketones (excluding diaryl/α,β-unsaturated/α-hetero) is 1. The number of nitrogens with zero attached hydrogens (tertiary/aromatic N) is 3. The van der Waals surface area contributed by atoms with E-state index in [9.17, 15) is 4.79 Å². The third-order valence-electron chi connectivity index (χ3n) is 4.02. The van der Waals surface area contributed by atoms with Crippen LogP contribution in [-0.2, 0) is 5.75 Å². The van der Waals surface area contributed by atoms with Gasteiger partial charge in [-0.3, -0.25) is 4.79 Å². The molecule has 2 N–H and O–H groups in total. The van der Waals surface area contributed by atoms with Gasteiger partial charge in [-0.05, 0) is 32.0 Å². The van der Waals surface area contributed by atoms with Crippen LogP contribution in [0.25, 0.3) is 11.4 Å². The molecule has 1 aromatic heterocycles. The van der Waals surface area contributed by atoms with Gasteiger partial charge in [0.05, 0.1) is 7.11 Å². The van der Waals surface area contributed by atoms with Crippen molar-refractivity contribution in [2.75, 3.05) is 13.0 Å². The van der Waals surface area contributed by atoms with E-state index in [0.717, 1.165) is 16.9 Å². The summed E-state index contributed by atoms with van der Waals surface area (Å²) in [5, 5.41) is 8.98. The molecule has 0 fully saturated rings.